The van der Waals surface area contributed by atoms with Crippen LogP contribution in [-0.4, -0.2) is 30.7 Å². The van der Waals surface area contributed by atoms with Crippen molar-refractivity contribution in [1.29, 1.82) is 0 Å². The zero-order chi connectivity index (χ0) is 18.4. The predicted octanol–water partition coefficient (Wildman–Crippen LogP) is 3.54. The molecule has 0 fully saturated rings. The minimum atomic E-state index is 0.448. The highest BCUT2D eigenvalue weighted by atomic mass is 32.1. The van der Waals surface area contributed by atoms with Gasteiger partial charge in [-0.05, 0) is 30.0 Å². The molecule has 0 saturated heterocycles. The molecule has 0 amide bonds. The Hall–Kier alpha value is -3.00. The Morgan fingerprint density at radius 2 is 1.96 bits per heavy atom. The Labute approximate surface area is 156 Å². The summed E-state index contributed by atoms with van der Waals surface area (Å²) in [5, 5.41) is 8.52. The summed E-state index contributed by atoms with van der Waals surface area (Å²) in [6, 6.07) is 9.62. The number of ether oxygens (including phenoxy) is 2. The molecule has 0 aliphatic heterocycles. The molecular formula is C18H21N5O2S. The van der Waals surface area contributed by atoms with Gasteiger partial charge in [0.05, 0.1) is 19.9 Å². The van der Waals surface area contributed by atoms with E-state index in [1.54, 1.807) is 25.6 Å². The number of benzene rings is 1. The number of nitrogens with one attached hydrogen (secondary N) is 2. The lowest BCUT2D eigenvalue weighted by molar-refractivity contribution is 0.405. The number of methoxy groups -OCH3 is 2. The van der Waals surface area contributed by atoms with Crippen molar-refractivity contribution >= 4 is 34.3 Å². The number of nitrogens with zero attached hydrogens (tertiary/aromatic N) is 2. The third kappa shape index (κ3) is 4.15. The lowest BCUT2D eigenvalue weighted by Crippen LogP contribution is -2.10. The van der Waals surface area contributed by atoms with Crippen molar-refractivity contribution in [3.8, 4) is 11.5 Å². The highest BCUT2D eigenvalue weighted by Crippen LogP contribution is 2.33. The molecule has 2 heterocycles. The van der Waals surface area contributed by atoms with Crippen LogP contribution in [0.2, 0.25) is 0 Å². The van der Waals surface area contributed by atoms with Gasteiger partial charge < -0.3 is 25.8 Å². The van der Waals surface area contributed by atoms with Gasteiger partial charge in [0.2, 0.25) is 0 Å². The van der Waals surface area contributed by atoms with Crippen LogP contribution in [0.1, 0.15) is 4.88 Å². The number of aromatic nitrogens is 2. The zero-order valence-electron chi connectivity index (χ0n) is 14.7. The molecule has 0 radical (unpaired) electrons. The van der Waals surface area contributed by atoms with E-state index in [9.17, 15) is 0 Å². The minimum absolute atomic E-state index is 0.448. The third-order valence-electron chi connectivity index (χ3n) is 3.79. The fraction of sp³-hybridized carbons (Fsp3) is 0.222. The van der Waals surface area contributed by atoms with E-state index in [1.807, 2.05) is 24.3 Å². The first kappa shape index (κ1) is 17.8. The number of nitrogens with two attached hydrogens (primary N) is 1. The van der Waals surface area contributed by atoms with E-state index in [2.05, 4.69) is 32.0 Å². The third-order valence-corrected chi connectivity index (χ3v) is 4.72. The molecule has 1 aromatic carbocycles. The summed E-state index contributed by atoms with van der Waals surface area (Å²) in [4.78, 5) is 9.79. The fourth-order valence-corrected chi connectivity index (χ4v) is 3.14. The van der Waals surface area contributed by atoms with Crippen LogP contribution in [-0.2, 0) is 6.42 Å². The van der Waals surface area contributed by atoms with Crippen LogP contribution in [0.5, 0.6) is 11.5 Å². The van der Waals surface area contributed by atoms with Gasteiger partial charge in [-0.1, -0.05) is 6.07 Å². The Balaban J connectivity index is 1.74. The first-order valence-corrected chi connectivity index (χ1v) is 8.95. The fourth-order valence-electron chi connectivity index (χ4n) is 2.43. The molecule has 136 valence electrons. The monoisotopic (exact) mass is 371 g/mol. The number of nitrogen functional groups attached to an aromatic ring is 1. The van der Waals surface area contributed by atoms with Gasteiger partial charge in [-0.25, -0.2) is 9.97 Å². The Morgan fingerprint density at radius 3 is 2.69 bits per heavy atom. The van der Waals surface area contributed by atoms with E-state index >= 15 is 0 Å². The number of hydrogen-bond donors (Lipinski definition) is 3. The topological polar surface area (TPSA) is 94.3 Å². The molecule has 8 heteroatoms. The van der Waals surface area contributed by atoms with E-state index in [0.29, 0.717) is 34.5 Å². The van der Waals surface area contributed by atoms with Gasteiger partial charge in [0.1, 0.15) is 23.5 Å². The van der Waals surface area contributed by atoms with Crippen molar-refractivity contribution in [3.63, 3.8) is 0 Å². The molecule has 7 nitrogen and oxygen atoms in total. The first-order chi connectivity index (χ1) is 12.7. The second kappa shape index (κ2) is 8.39. The summed E-state index contributed by atoms with van der Waals surface area (Å²) in [5.41, 5.74) is 7.39. The van der Waals surface area contributed by atoms with Gasteiger partial charge in [0, 0.05) is 17.5 Å². The SMILES string of the molecule is COc1ccc(OC)c(Nc2ncnc(NCCc3cccs3)c2N)c1. The van der Waals surface area contributed by atoms with E-state index in [1.165, 1.54) is 11.2 Å². The molecule has 4 N–H and O–H groups in total. The smallest absolute Gasteiger partial charge is 0.159 e. The highest BCUT2D eigenvalue weighted by molar-refractivity contribution is 7.09. The summed E-state index contributed by atoms with van der Waals surface area (Å²) < 4.78 is 10.6. The summed E-state index contributed by atoms with van der Waals surface area (Å²) >= 11 is 1.73. The molecule has 26 heavy (non-hydrogen) atoms. The molecule has 0 aliphatic rings. The molecule has 0 saturated carbocycles. The van der Waals surface area contributed by atoms with Gasteiger partial charge in [-0.2, -0.15) is 0 Å². The lowest BCUT2D eigenvalue weighted by atomic mass is 10.2. The van der Waals surface area contributed by atoms with Crippen LogP contribution in [0.15, 0.2) is 42.0 Å². The normalized spacial score (nSPS) is 10.4. The van der Waals surface area contributed by atoms with Gasteiger partial charge >= 0.3 is 0 Å². The molecule has 0 aliphatic carbocycles. The molecule has 3 aromatic rings. The van der Waals surface area contributed by atoms with E-state index in [0.717, 1.165) is 13.0 Å². The van der Waals surface area contributed by atoms with Gasteiger partial charge in [-0.3, -0.25) is 0 Å². The van der Waals surface area contributed by atoms with E-state index in [4.69, 9.17) is 15.2 Å². The van der Waals surface area contributed by atoms with Crippen LogP contribution < -0.4 is 25.8 Å². The maximum Gasteiger partial charge on any atom is 0.159 e. The van der Waals surface area contributed by atoms with Crippen molar-refractivity contribution in [2.24, 2.45) is 0 Å². The molecule has 0 spiro atoms. The van der Waals surface area contributed by atoms with Gasteiger partial charge in [0.15, 0.2) is 11.6 Å². The average Bonchev–Trinajstić information content (AvgIpc) is 3.18. The molecular weight excluding hydrogens is 350 g/mol. The largest absolute Gasteiger partial charge is 0.497 e. The zero-order valence-corrected chi connectivity index (χ0v) is 15.5. The van der Waals surface area contributed by atoms with E-state index in [-0.39, 0.29) is 0 Å². The number of thiophene rings is 1. The standard InChI is InChI=1S/C18H21N5O2S/c1-24-12-5-6-15(25-2)14(10-12)23-18-16(19)17(21-11-22-18)20-8-7-13-4-3-9-26-13/h3-6,9-11H,7-8,19H2,1-2H3,(H2,20,21,22,23). The quantitative estimate of drug-likeness (QED) is 0.557. The van der Waals surface area contributed by atoms with Crippen molar-refractivity contribution in [3.05, 3.63) is 46.9 Å². The number of hydrogen-bond acceptors (Lipinski definition) is 8. The summed E-state index contributed by atoms with van der Waals surface area (Å²) in [6.07, 6.45) is 2.38. The van der Waals surface area contributed by atoms with Crippen molar-refractivity contribution in [1.82, 2.24) is 9.97 Å². The van der Waals surface area contributed by atoms with Gasteiger partial charge in [-0.15, -0.1) is 11.3 Å². The molecule has 0 atom stereocenters. The maximum atomic E-state index is 6.23. The van der Waals surface area contributed by atoms with Gasteiger partial charge in [0.25, 0.3) is 0 Å². The highest BCUT2D eigenvalue weighted by Gasteiger charge is 2.11. The average molecular weight is 371 g/mol. The second-order valence-corrected chi connectivity index (χ2v) is 6.46. The lowest BCUT2D eigenvalue weighted by Gasteiger charge is -2.15. The summed E-state index contributed by atoms with van der Waals surface area (Å²) in [7, 11) is 3.22. The maximum absolute atomic E-state index is 6.23. The number of rotatable bonds is 8. The van der Waals surface area contributed by atoms with Crippen molar-refractivity contribution in [2.75, 3.05) is 37.1 Å². The predicted molar refractivity (Wildman–Crippen MR) is 106 cm³/mol. The summed E-state index contributed by atoms with van der Waals surface area (Å²) in [5.74, 6) is 2.47. The molecule has 3 rings (SSSR count). The van der Waals surface area contributed by atoms with Crippen LogP contribution in [0.3, 0.4) is 0 Å². The van der Waals surface area contributed by atoms with E-state index < -0.39 is 0 Å². The summed E-state index contributed by atoms with van der Waals surface area (Å²) in [6.45, 7) is 0.740. The van der Waals surface area contributed by atoms with Crippen LogP contribution in [0, 0.1) is 0 Å². The van der Waals surface area contributed by atoms with Crippen LogP contribution in [0.4, 0.5) is 23.0 Å². The van der Waals surface area contributed by atoms with Crippen molar-refractivity contribution < 1.29 is 9.47 Å². The van der Waals surface area contributed by atoms with Crippen LogP contribution >= 0.6 is 11.3 Å². The first-order valence-electron chi connectivity index (χ1n) is 8.07. The molecule has 0 unspecified atom stereocenters. The Morgan fingerprint density at radius 1 is 1.12 bits per heavy atom. The Bertz CT molecular complexity index is 855. The number of anilines is 4. The van der Waals surface area contributed by atoms with Crippen LogP contribution in [0.25, 0.3) is 0 Å². The van der Waals surface area contributed by atoms with Crippen molar-refractivity contribution in [2.45, 2.75) is 6.42 Å². The second-order valence-electron chi connectivity index (χ2n) is 5.43. The molecule has 2 aromatic heterocycles. The molecule has 0 bridgehead atoms. The Kier molecular flexibility index (Phi) is 5.75. The minimum Gasteiger partial charge on any atom is -0.497 e.